The topological polar surface area (TPSA) is 72.7 Å². The molecule has 0 aliphatic heterocycles. The number of rotatable bonds is 9. The molecular weight excluding hydrogens is 437 g/mol. The number of carbonyl (C=O) groups is 1. The highest BCUT2D eigenvalue weighted by molar-refractivity contribution is 8.00. The molecule has 4 rings (SSSR count). The van der Waals surface area contributed by atoms with E-state index in [1.165, 1.54) is 23.9 Å². The van der Waals surface area contributed by atoms with Crippen LogP contribution in [0.5, 0.6) is 0 Å². The standard InChI is InChI=1S/C25H28FN5OS/c1-4-7-21(24(32)27-14-16(2)3)33-25-28-23-22(29-30-25)19-8-5-6-9-20(19)31(23)15-17-10-12-18(26)13-11-17/h5-6,8-13,16,21H,4,7,14-15H2,1-3H3,(H,27,32). The average Bonchev–Trinajstić information content (AvgIpc) is 3.11. The van der Waals surface area contributed by atoms with Crippen molar-refractivity contribution in [3.05, 3.63) is 59.9 Å². The van der Waals surface area contributed by atoms with Crippen LogP contribution in [0.3, 0.4) is 0 Å². The molecule has 8 heteroatoms. The van der Waals surface area contributed by atoms with E-state index in [9.17, 15) is 9.18 Å². The van der Waals surface area contributed by atoms with Crippen molar-refractivity contribution in [2.75, 3.05) is 6.54 Å². The molecular formula is C25H28FN5OS. The summed E-state index contributed by atoms with van der Waals surface area (Å²) in [5.74, 6) is 0.130. The van der Waals surface area contributed by atoms with Crippen LogP contribution in [0.25, 0.3) is 22.1 Å². The summed E-state index contributed by atoms with van der Waals surface area (Å²) < 4.78 is 15.5. The van der Waals surface area contributed by atoms with Crippen molar-refractivity contribution in [2.24, 2.45) is 5.92 Å². The van der Waals surface area contributed by atoms with Crippen LogP contribution in [0.2, 0.25) is 0 Å². The third-order valence-electron chi connectivity index (χ3n) is 5.38. The molecule has 1 amide bonds. The van der Waals surface area contributed by atoms with Crippen LogP contribution in [-0.2, 0) is 11.3 Å². The Morgan fingerprint density at radius 2 is 1.88 bits per heavy atom. The number of hydrogen-bond donors (Lipinski definition) is 1. The highest BCUT2D eigenvalue weighted by Gasteiger charge is 2.22. The minimum atomic E-state index is -0.275. The molecule has 4 aromatic rings. The Labute approximate surface area is 197 Å². The van der Waals surface area contributed by atoms with Crippen molar-refractivity contribution in [3.63, 3.8) is 0 Å². The number of halogens is 1. The van der Waals surface area contributed by atoms with Gasteiger partial charge in [0.05, 0.1) is 10.8 Å². The van der Waals surface area contributed by atoms with E-state index in [-0.39, 0.29) is 17.0 Å². The molecule has 1 N–H and O–H groups in total. The second-order valence-corrected chi connectivity index (χ2v) is 9.70. The molecule has 0 saturated carbocycles. The Morgan fingerprint density at radius 3 is 2.61 bits per heavy atom. The highest BCUT2D eigenvalue weighted by atomic mass is 32.2. The minimum absolute atomic E-state index is 0.00565. The van der Waals surface area contributed by atoms with Gasteiger partial charge in [0.1, 0.15) is 11.3 Å². The summed E-state index contributed by atoms with van der Waals surface area (Å²) in [6, 6.07) is 14.4. The van der Waals surface area contributed by atoms with Crippen LogP contribution in [0.15, 0.2) is 53.7 Å². The van der Waals surface area contributed by atoms with Gasteiger partial charge in [-0.25, -0.2) is 9.37 Å². The summed E-state index contributed by atoms with van der Waals surface area (Å²) in [6.07, 6.45) is 1.61. The summed E-state index contributed by atoms with van der Waals surface area (Å²) in [7, 11) is 0. The van der Waals surface area contributed by atoms with Crippen LogP contribution in [0, 0.1) is 11.7 Å². The molecule has 1 atom stereocenters. The maximum atomic E-state index is 13.4. The summed E-state index contributed by atoms with van der Waals surface area (Å²) in [5, 5.41) is 13.0. The minimum Gasteiger partial charge on any atom is -0.355 e. The predicted octanol–water partition coefficient (Wildman–Crippen LogP) is 5.20. The van der Waals surface area contributed by atoms with Crippen molar-refractivity contribution in [3.8, 4) is 0 Å². The molecule has 2 aromatic carbocycles. The number of nitrogens with one attached hydrogen (secondary N) is 1. The molecule has 0 bridgehead atoms. The van der Waals surface area contributed by atoms with Gasteiger partial charge in [0.2, 0.25) is 11.1 Å². The number of thioether (sulfide) groups is 1. The number of nitrogens with zero attached hydrogens (tertiary/aromatic N) is 4. The van der Waals surface area contributed by atoms with Crippen molar-refractivity contribution in [1.29, 1.82) is 0 Å². The molecule has 0 spiro atoms. The lowest BCUT2D eigenvalue weighted by atomic mass is 10.2. The Hall–Kier alpha value is -3.00. The summed E-state index contributed by atoms with van der Waals surface area (Å²) in [4.78, 5) is 17.6. The number of hydrogen-bond acceptors (Lipinski definition) is 5. The number of carbonyl (C=O) groups excluding carboxylic acids is 1. The van der Waals surface area contributed by atoms with Crippen molar-refractivity contribution in [1.82, 2.24) is 25.1 Å². The van der Waals surface area contributed by atoms with Crippen LogP contribution in [0.1, 0.15) is 39.2 Å². The zero-order chi connectivity index (χ0) is 23.4. The zero-order valence-electron chi connectivity index (χ0n) is 19.1. The first-order chi connectivity index (χ1) is 16.0. The Kier molecular flexibility index (Phi) is 7.23. The smallest absolute Gasteiger partial charge is 0.233 e. The van der Waals surface area contributed by atoms with Gasteiger partial charge < -0.3 is 9.88 Å². The molecule has 0 radical (unpaired) electrons. The Balaban J connectivity index is 1.70. The van der Waals surface area contributed by atoms with E-state index in [4.69, 9.17) is 4.98 Å². The molecule has 33 heavy (non-hydrogen) atoms. The largest absolute Gasteiger partial charge is 0.355 e. The lowest BCUT2D eigenvalue weighted by Gasteiger charge is -2.16. The van der Waals surface area contributed by atoms with Gasteiger partial charge >= 0.3 is 0 Å². The first-order valence-electron chi connectivity index (χ1n) is 11.3. The van der Waals surface area contributed by atoms with Crippen molar-refractivity contribution in [2.45, 2.75) is 50.6 Å². The Morgan fingerprint density at radius 1 is 1.12 bits per heavy atom. The van der Waals surface area contributed by atoms with Crippen molar-refractivity contribution >= 4 is 39.7 Å². The normalized spacial score (nSPS) is 12.5. The third-order valence-corrected chi connectivity index (χ3v) is 6.50. The molecule has 1 unspecified atom stereocenters. The molecule has 0 saturated heterocycles. The summed E-state index contributed by atoms with van der Waals surface area (Å²) >= 11 is 1.36. The molecule has 0 aliphatic carbocycles. The Bertz CT molecular complexity index is 1260. The zero-order valence-corrected chi connectivity index (χ0v) is 19.9. The van der Waals surface area contributed by atoms with Gasteiger partial charge in [-0.3, -0.25) is 4.79 Å². The van der Waals surface area contributed by atoms with E-state index >= 15 is 0 Å². The van der Waals surface area contributed by atoms with Crippen LogP contribution in [0.4, 0.5) is 4.39 Å². The first kappa shape index (κ1) is 23.2. The number of benzene rings is 2. The van der Waals surface area contributed by atoms with Gasteiger partial charge in [0, 0.05) is 18.5 Å². The van der Waals surface area contributed by atoms with E-state index in [1.807, 2.05) is 24.3 Å². The second-order valence-electron chi connectivity index (χ2n) is 8.53. The number of fused-ring (bicyclic) bond motifs is 3. The van der Waals surface area contributed by atoms with Crippen LogP contribution in [-0.4, -0.2) is 37.5 Å². The average molecular weight is 466 g/mol. The molecule has 0 fully saturated rings. The maximum absolute atomic E-state index is 13.4. The summed E-state index contributed by atoms with van der Waals surface area (Å²) in [5.41, 5.74) is 3.37. The monoisotopic (exact) mass is 465 g/mol. The quantitative estimate of drug-likeness (QED) is 0.344. The summed E-state index contributed by atoms with van der Waals surface area (Å²) in [6.45, 7) is 7.38. The van der Waals surface area contributed by atoms with Crippen LogP contribution < -0.4 is 5.32 Å². The maximum Gasteiger partial charge on any atom is 0.233 e. The van der Waals surface area contributed by atoms with Gasteiger partial charge in [-0.15, -0.1) is 10.2 Å². The lowest BCUT2D eigenvalue weighted by Crippen LogP contribution is -2.35. The van der Waals surface area contributed by atoms with Gasteiger partial charge in [0.15, 0.2) is 5.65 Å². The van der Waals surface area contributed by atoms with Gasteiger partial charge in [-0.1, -0.05) is 69.3 Å². The van der Waals surface area contributed by atoms with E-state index in [0.717, 1.165) is 29.3 Å². The predicted molar refractivity (Wildman–Crippen MR) is 131 cm³/mol. The van der Waals surface area contributed by atoms with Crippen LogP contribution >= 0.6 is 11.8 Å². The van der Waals surface area contributed by atoms with Crippen molar-refractivity contribution < 1.29 is 9.18 Å². The fraction of sp³-hybridized carbons (Fsp3) is 0.360. The number of amides is 1. The van der Waals surface area contributed by atoms with Gasteiger partial charge in [0.25, 0.3) is 0 Å². The van der Waals surface area contributed by atoms with Gasteiger partial charge in [-0.2, -0.15) is 0 Å². The van der Waals surface area contributed by atoms with Gasteiger partial charge in [-0.05, 0) is 36.1 Å². The van der Waals surface area contributed by atoms with E-state index < -0.39 is 0 Å². The molecule has 6 nitrogen and oxygen atoms in total. The second kappa shape index (κ2) is 10.3. The highest BCUT2D eigenvalue weighted by Crippen LogP contribution is 2.30. The SMILES string of the molecule is CCCC(Sc1nnc2c3ccccc3n(Cc3ccc(F)cc3)c2n1)C(=O)NCC(C)C. The fourth-order valence-electron chi connectivity index (χ4n) is 3.72. The molecule has 0 aliphatic rings. The lowest BCUT2D eigenvalue weighted by molar-refractivity contribution is -0.120. The first-order valence-corrected chi connectivity index (χ1v) is 12.1. The number of para-hydroxylation sites is 1. The molecule has 2 heterocycles. The van der Waals surface area contributed by atoms with E-state index in [2.05, 4.69) is 40.9 Å². The van der Waals surface area contributed by atoms with E-state index in [0.29, 0.717) is 35.3 Å². The fourth-order valence-corrected chi connectivity index (χ4v) is 4.75. The number of aromatic nitrogens is 4. The molecule has 172 valence electrons. The molecule has 2 aromatic heterocycles. The van der Waals surface area contributed by atoms with E-state index in [1.54, 1.807) is 12.1 Å². The third kappa shape index (κ3) is 5.33.